The third-order valence-corrected chi connectivity index (χ3v) is 4.40. The molecule has 3 nitrogen and oxygen atoms in total. The maximum Gasteiger partial charge on any atom is 0.323 e. The van der Waals surface area contributed by atoms with Crippen molar-refractivity contribution in [2.45, 2.75) is 24.3 Å². The molecule has 1 aliphatic carbocycles. The van der Waals surface area contributed by atoms with Gasteiger partial charge in [-0.25, -0.2) is 0 Å². The zero-order chi connectivity index (χ0) is 11.1. The number of rotatable bonds is 3. The van der Waals surface area contributed by atoms with E-state index in [2.05, 4.69) is 4.74 Å². The maximum atomic E-state index is 11.4. The van der Waals surface area contributed by atoms with E-state index in [4.69, 9.17) is 17.3 Å². The van der Waals surface area contributed by atoms with Crippen molar-refractivity contribution in [2.24, 2.45) is 5.73 Å². The van der Waals surface area contributed by atoms with Crippen molar-refractivity contribution in [2.75, 3.05) is 7.11 Å². The summed E-state index contributed by atoms with van der Waals surface area (Å²) < 4.78 is 4.67. The largest absolute Gasteiger partial charge is 0.468 e. The predicted octanol–water partition coefficient (Wildman–Crippen LogP) is 1.93. The highest BCUT2D eigenvalue weighted by atomic mass is 35.5. The molecular weight excluding hydrogens is 234 g/mol. The topological polar surface area (TPSA) is 52.3 Å². The lowest BCUT2D eigenvalue weighted by atomic mass is 9.95. The van der Waals surface area contributed by atoms with Gasteiger partial charge in [0, 0.05) is 15.7 Å². The molecule has 1 saturated carbocycles. The molecule has 1 atom stereocenters. The Hall–Kier alpha value is -0.580. The van der Waals surface area contributed by atoms with E-state index in [1.54, 1.807) is 11.3 Å². The zero-order valence-electron chi connectivity index (χ0n) is 8.33. The van der Waals surface area contributed by atoms with Crippen LogP contribution in [0.25, 0.3) is 0 Å². The summed E-state index contributed by atoms with van der Waals surface area (Å²) in [6.45, 7) is 0. The molecule has 1 heterocycles. The van der Waals surface area contributed by atoms with Crippen LogP contribution in [0.5, 0.6) is 0 Å². The number of halogens is 1. The molecule has 1 aliphatic rings. The predicted molar refractivity (Wildman–Crippen MR) is 60.2 cm³/mol. The number of ether oxygens (including phenoxy) is 1. The van der Waals surface area contributed by atoms with E-state index in [9.17, 15) is 4.79 Å². The van der Waals surface area contributed by atoms with Crippen molar-refractivity contribution in [1.82, 2.24) is 0 Å². The summed E-state index contributed by atoms with van der Waals surface area (Å²) in [5, 5.41) is 2.57. The van der Waals surface area contributed by atoms with E-state index in [0.717, 1.165) is 17.7 Å². The smallest absolute Gasteiger partial charge is 0.323 e. The summed E-state index contributed by atoms with van der Waals surface area (Å²) in [5.41, 5.74) is 5.68. The molecule has 0 spiro atoms. The Morgan fingerprint density at radius 2 is 2.40 bits per heavy atom. The summed E-state index contributed by atoms with van der Waals surface area (Å²) in [6, 6.07) is 1.32. The summed E-state index contributed by atoms with van der Waals surface area (Å²) in [6.07, 6.45) is 1.86. The van der Waals surface area contributed by atoms with Gasteiger partial charge in [0.1, 0.15) is 6.04 Å². The normalized spacial score (nSPS) is 19.7. The minimum absolute atomic E-state index is 0.217. The molecule has 0 saturated heterocycles. The van der Waals surface area contributed by atoms with Gasteiger partial charge in [0.25, 0.3) is 0 Å². The fraction of sp³-hybridized carbons (Fsp3) is 0.500. The average Bonchev–Trinajstić information content (AvgIpc) is 2.94. The van der Waals surface area contributed by atoms with Crippen molar-refractivity contribution in [3.05, 3.63) is 21.3 Å². The first-order valence-corrected chi connectivity index (χ1v) is 5.94. The van der Waals surface area contributed by atoms with Gasteiger partial charge in [0.15, 0.2) is 0 Å². The Morgan fingerprint density at radius 1 is 1.73 bits per heavy atom. The molecule has 1 fully saturated rings. The molecule has 15 heavy (non-hydrogen) atoms. The molecule has 0 bridgehead atoms. The molecule has 0 radical (unpaired) electrons. The number of hydrogen-bond acceptors (Lipinski definition) is 4. The fourth-order valence-electron chi connectivity index (χ4n) is 1.77. The number of hydrogen-bond donors (Lipinski definition) is 1. The molecule has 2 rings (SSSR count). The summed E-state index contributed by atoms with van der Waals surface area (Å²) in [5.74, 6) is -0.350. The molecule has 0 aromatic carbocycles. The highest BCUT2D eigenvalue weighted by Crippen LogP contribution is 2.52. The van der Waals surface area contributed by atoms with Gasteiger partial charge in [0.2, 0.25) is 0 Å². The van der Waals surface area contributed by atoms with E-state index in [1.807, 2.05) is 11.4 Å². The third-order valence-electron chi connectivity index (χ3n) is 2.90. The molecule has 1 aromatic heterocycles. The average molecular weight is 246 g/mol. The SMILES string of the molecule is COC(=O)C(N)C1(c2cc(Cl)cs2)CC1. The van der Waals surface area contributed by atoms with Crippen LogP contribution in [0.4, 0.5) is 0 Å². The molecule has 82 valence electrons. The number of esters is 1. The van der Waals surface area contributed by atoms with Crippen molar-refractivity contribution in [1.29, 1.82) is 0 Å². The standard InChI is InChI=1S/C10H12ClNO2S/c1-14-9(13)8(12)10(2-3-10)7-4-6(11)5-15-7/h4-5,8H,2-3,12H2,1H3. The molecular formula is C10H12ClNO2S. The van der Waals surface area contributed by atoms with Crippen LogP contribution in [-0.4, -0.2) is 19.1 Å². The second-order valence-electron chi connectivity index (χ2n) is 3.79. The molecule has 0 aliphatic heterocycles. The lowest BCUT2D eigenvalue weighted by molar-refractivity contribution is -0.143. The first kappa shape index (κ1) is 10.9. The Labute approximate surface area is 97.2 Å². The summed E-state index contributed by atoms with van der Waals surface area (Å²) >= 11 is 7.42. The van der Waals surface area contributed by atoms with Crippen molar-refractivity contribution in [3.8, 4) is 0 Å². The molecule has 2 N–H and O–H groups in total. The maximum absolute atomic E-state index is 11.4. The van der Waals surface area contributed by atoms with Gasteiger partial charge in [-0.2, -0.15) is 0 Å². The third kappa shape index (κ3) is 1.77. The van der Waals surface area contributed by atoms with Crippen LogP contribution >= 0.6 is 22.9 Å². The van der Waals surface area contributed by atoms with Crippen LogP contribution in [-0.2, 0) is 14.9 Å². The first-order valence-electron chi connectivity index (χ1n) is 4.68. The number of methoxy groups -OCH3 is 1. The van der Waals surface area contributed by atoms with Crippen LogP contribution in [0.15, 0.2) is 11.4 Å². The minimum atomic E-state index is -0.572. The molecule has 0 amide bonds. The van der Waals surface area contributed by atoms with Gasteiger partial charge in [-0.05, 0) is 18.9 Å². The van der Waals surface area contributed by atoms with Crippen LogP contribution in [0, 0.1) is 0 Å². The van der Waals surface area contributed by atoms with Gasteiger partial charge in [-0.3, -0.25) is 4.79 Å². The quantitative estimate of drug-likeness (QED) is 0.828. The van der Waals surface area contributed by atoms with E-state index in [-0.39, 0.29) is 11.4 Å². The summed E-state index contributed by atoms with van der Waals surface area (Å²) in [7, 11) is 1.36. The van der Waals surface area contributed by atoms with Gasteiger partial charge in [-0.15, -0.1) is 11.3 Å². The van der Waals surface area contributed by atoms with Crippen molar-refractivity contribution in [3.63, 3.8) is 0 Å². The number of thiophene rings is 1. The zero-order valence-corrected chi connectivity index (χ0v) is 9.90. The number of nitrogens with two attached hydrogens (primary N) is 1. The first-order chi connectivity index (χ1) is 7.10. The van der Waals surface area contributed by atoms with E-state index in [1.165, 1.54) is 7.11 Å². The molecule has 1 unspecified atom stereocenters. The van der Waals surface area contributed by atoms with E-state index >= 15 is 0 Å². The lowest BCUT2D eigenvalue weighted by Crippen LogP contribution is -2.42. The second kappa shape index (κ2) is 3.77. The van der Waals surface area contributed by atoms with Gasteiger partial charge in [0.05, 0.1) is 12.1 Å². The van der Waals surface area contributed by atoms with E-state index < -0.39 is 6.04 Å². The minimum Gasteiger partial charge on any atom is -0.468 e. The monoisotopic (exact) mass is 245 g/mol. The van der Waals surface area contributed by atoms with Crippen molar-refractivity contribution < 1.29 is 9.53 Å². The number of carbonyl (C=O) groups excluding carboxylic acids is 1. The van der Waals surface area contributed by atoms with Crippen molar-refractivity contribution >= 4 is 28.9 Å². The number of carbonyl (C=O) groups is 1. The molecule has 5 heteroatoms. The second-order valence-corrected chi connectivity index (χ2v) is 5.13. The fourth-order valence-corrected chi connectivity index (χ4v) is 3.15. The Bertz CT molecular complexity index is 387. The van der Waals surface area contributed by atoms with Gasteiger partial charge in [-0.1, -0.05) is 11.6 Å². The Balaban J connectivity index is 2.24. The Kier molecular flexibility index (Phi) is 2.75. The molecule has 1 aromatic rings. The van der Waals surface area contributed by atoms with E-state index in [0.29, 0.717) is 5.02 Å². The van der Waals surface area contributed by atoms with Crippen LogP contribution in [0.3, 0.4) is 0 Å². The van der Waals surface area contributed by atoms with Crippen LogP contribution < -0.4 is 5.73 Å². The van der Waals surface area contributed by atoms with Crippen LogP contribution in [0.1, 0.15) is 17.7 Å². The summed E-state index contributed by atoms with van der Waals surface area (Å²) in [4.78, 5) is 12.5. The van der Waals surface area contributed by atoms with Crippen LogP contribution in [0.2, 0.25) is 5.02 Å². The van der Waals surface area contributed by atoms with Gasteiger partial charge >= 0.3 is 5.97 Å². The highest BCUT2D eigenvalue weighted by molar-refractivity contribution is 7.10. The van der Waals surface area contributed by atoms with Gasteiger partial charge < -0.3 is 10.5 Å². The lowest BCUT2D eigenvalue weighted by Gasteiger charge is -2.19. The Morgan fingerprint density at radius 3 is 2.80 bits per heavy atom. The highest BCUT2D eigenvalue weighted by Gasteiger charge is 2.53.